The summed E-state index contributed by atoms with van der Waals surface area (Å²) < 4.78 is 29.3. The van der Waals surface area contributed by atoms with Crippen molar-refractivity contribution in [1.82, 2.24) is 19.7 Å². The fraction of sp³-hybridized carbons (Fsp3) is 0.200. The largest absolute Gasteiger partial charge is 0.323 e. The van der Waals surface area contributed by atoms with Crippen LogP contribution in [-0.4, -0.2) is 31.4 Å². The van der Waals surface area contributed by atoms with E-state index in [0.717, 1.165) is 53.4 Å². The van der Waals surface area contributed by atoms with Crippen LogP contribution in [0.4, 0.5) is 14.5 Å². The van der Waals surface area contributed by atoms with Crippen LogP contribution in [0.5, 0.6) is 0 Å². The van der Waals surface area contributed by atoms with E-state index in [1.54, 1.807) is 12.4 Å². The molecule has 2 aromatic carbocycles. The number of halogens is 2. The third kappa shape index (κ3) is 4.99. The summed E-state index contributed by atoms with van der Waals surface area (Å²) in [7, 11) is 0. The minimum Gasteiger partial charge on any atom is -0.323 e. The number of nitrogens with one attached hydrogen (secondary N) is 1. The van der Waals surface area contributed by atoms with Crippen molar-refractivity contribution < 1.29 is 13.6 Å². The van der Waals surface area contributed by atoms with Gasteiger partial charge in [-0.3, -0.25) is 14.3 Å². The molecule has 0 bridgehead atoms. The van der Waals surface area contributed by atoms with Crippen LogP contribution in [0, 0.1) is 11.6 Å². The molecule has 6 nitrogen and oxygen atoms in total. The second-order valence-corrected chi connectivity index (χ2v) is 8.42. The van der Waals surface area contributed by atoms with Gasteiger partial charge in [-0.2, -0.15) is 0 Å². The van der Waals surface area contributed by atoms with Crippen molar-refractivity contribution in [3.05, 3.63) is 83.7 Å². The normalized spacial score (nSPS) is 10.9. The van der Waals surface area contributed by atoms with E-state index >= 15 is 0 Å². The number of thioether (sulfide) groups is 1. The molecule has 9 heteroatoms. The molecule has 0 aliphatic heterocycles. The molecule has 0 atom stereocenters. The molecule has 2 heterocycles. The number of para-hydroxylation sites is 1. The van der Waals surface area contributed by atoms with Gasteiger partial charge in [0.15, 0.2) is 11.0 Å². The van der Waals surface area contributed by atoms with E-state index in [0.29, 0.717) is 11.0 Å². The molecule has 0 radical (unpaired) electrons. The average Bonchev–Trinajstić information content (AvgIpc) is 3.28. The molecule has 1 amide bonds. The van der Waals surface area contributed by atoms with Gasteiger partial charge in [0.2, 0.25) is 5.91 Å². The van der Waals surface area contributed by atoms with E-state index in [1.807, 2.05) is 22.8 Å². The zero-order chi connectivity index (χ0) is 24.1. The fourth-order valence-electron chi connectivity index (χ4n) is 3.66. The maximum absolute atomic E-state index is 13.9. The second kappa shape index (κ2) is 10.6. The standard InChI is InChI=1S/C25H23F2N5OS/c1-3-16-7-5-8-17(4-2)23(16)32-24(18-9-6-12-28-14-18)30-31-25(32)34-15-22(33)29-21-13-19(26)10-11-20(21)27/h5-14H,3-4,15H2,1-2H3,(H,29,33). The Bertz CT molecular complexity index is 1290. The summed E-state index contributed by atoms with van der Waals surface area (Å²) in [6.45, 7) is 4.17. The molecule has 174 valence electrons. The van der Waals surface area contributed by atoms with Gasteiger partial charge in [0.05, 0.1) is 17.1 Å². The summed E-state index contributed by atoms with van der Waals surface area (Å²) in [5, 5.41) is 11.7. The summed E-state index contributed by atoms with van der Waals surface area (Å²) in [5.41, 5.74) is 3.82. The van der Waals surface area contributed by atoms with Crippen molar-refractivity contribution in [2.45, 2.75) is 31.8 Å². The van der Waals surface area contributed by atoms with Crippen LogP contribution in [0.3, 0.4) is 0 Å². The first-order valence-corrected chi connectivity index (χ1v) is 11.8. The van der Waals surface area contributed by atoms with Crippen molar-refractivity contribution in [2.75, 3.05) is 11.1 Å². The van der Waals surface area contributed by atoms with Crippen LogP contribution in [0.1, 0.15) is 25.0 Å². The molecule has 0 aliphatic carbocycles. The van der Waals surface area contributed by atoms with Crippen LogP contribution < -0.4 is 5.32 Å². The molecule has 1 N–H and O–H groups in total. The van der Waals surface area contributed by atoms with Gasteiger partial charge in [-0.1, -0.05) is 43.8 Å². The SMILES string of the molecule is CCc1cccc(CC)c1-n1c(SCC(=O)Nc2cc(F)ccc2F)nnc1-c1cccnc1. The van der Waals surface area contributed by atoms with E-state index in [2.05, 4.69) is 46.5 Å². The summed E-state index contributed by atoms with van der Waals surface area (Å²) in [4.78, 5) is 16.7. The van der Waals surface area contributed by atoms with Crippen molar-refractivity contribution in [3.8, 4) is 17.1 Å². The number of aromatic nitrogens is 4. The maximum atomic E-state index is 13.9. The van der Waals surface area contributed by atoms with Crippen molar-refractivity contribution in [3.63, 3.8) is 0 Å². The monoisotopic (exact) mass is 479 g/mol. The number of benzene rings is 2. The lowest BCUT2D eigenvalue weighted by molar-refractivity contribution is -0.113. The Morgan fingerprint density at radius 1 is 1.03 bits per heavy atom. The first-order valence-electron chi connectivity index (χ1n) is 10.9. The topological polar surface area (TPSA) is 72.7 Å². The quantitative estimate of drug-likeness (QED) is 0.340. The number of amides is 1. The number of nitrogens with zero attached hydrogens (tertiary/aromatic N) is 4. The van der Waals surface area contributed by atoms with Gasteiger partial charge in [-0.15, -0.1) is 10.2 Å². The lowest BCUT2D eigenvalue weighted by Gasteiger charge is -2.18. The molecule has 0 spiro atoms. The van der Waals surface area contributed by atoms with Gasteiger partial charge in [0.1, 0.15) is 11.6 Å². The molecular formula is C25H23F2N5OS. The van der Waals surface area contributed by atoms with Gasteiger partial charge in [0.25, 0.3) is 0 Å². The highest BCUT2D eigenvalue weighted by molar-refractivity contribution is 7.99. The van der Waals surface area contributed by atoms with Gasteiger partial charge < -0.3 is 5.32 Å². The van der Waals surface area contributed by atoms with Gasteiger partial charge in [-0.25, -0.2) is 8.78 Å². The molecule has 0 saturated carbocycles. The number of hydrogen-bond acceptors (Lipinski definition) is 5. The molecule has 4 rings (SSSR count). The van der Waals surface area contributed by atoms with E-state index in [4.69, 9.17) is 0 Å². The molecular weight excluding hydrogens is 456 g/mol. The number of aryl methyl sites for hydroxylation is 2. The second-order valence-electron chi connectivity index (χ2n) is 7.48. The number of carbonyl (C=O) groups excluding carboxylic acids is 1. The number of anilines is 1. The van der Waals surface area contributed by atoms with E-state index in [-0.39, 0.29) is 11.4 Å². The lowest BCUT2D eigenvalue weighted by Crippen LogP contribution is -2.16. The molecule has 0 fully saturated rings. The van der Waals surface area contributed by atoms with Gasteiger partial charge >= 0.3 is 0 Å². The van der Waals surface area contributed by atoms with Crippen molar-refractivity contribution in [2.24, 2.45) is 0 Å². The minimum absolute atomic E-state index is 0.0587. The average molecular weight is 480 g/mol. The highest BCUT2D eigenvalue weighted by Gasteiger charge is 2.21. The summed E-state index contributed by atoms with van der Waals surface area (Å²) >= 11 is 1.17. The highest BCUT2D eigenvalue weighted by atomic mass is 32.2. The molecule has 34 heavy (non-hydrogen) atoms. The fourth-order valence-corrected chi connectivity index (χ4v) is 4.40. The molecule has 4 aromatic rings. The Hall–Kier alpha value is -3.59. The summed E-state index contributed by atoms with van der Waals surface area (Å²) in [5.74, 6) is -1.26. The third-order valence-electron chi connectivity index (χ3n) is 5.28. The number of hydrogen-bond donors (Lipinski definition) is 1. The molecule has 0 aliphatic rings. The number of rotatable bonds is 8. The predicted octanol–water partition coefficient (Wildman–Crippen LogP) is 5.46. The number of pyridine rings is 1. The summed E-state index contributed by atoms with van der Waals surface area (Å²) in [6, 6.07) is 12.8. The highest BCUT2D eigenvalue weighted by Crippen LogP contribution is 2.32. The zero-order valence-electron chi connectivity index (χ0n) is 18.8. The Balaban J connectivity index is 1.70. The van der Waals surface area contributed by atoms with Crippen LogP contribution >= 0.6 is 11.8 Å². The van der Waals surface area contributed by atoms with Gasteiger partial charge in [-0.05, 0) is 48.2 Å². The van der Waals surface area contributed by atoms with Crippen LogP contribution in [0.2, 0.25) is 0 Å². The van der Waals surface area contributed by atoms with Crippen LogP contribution in [-0.2, 0) is 17.6 Å². The molecule has 0 saturated heterocycles. The first-order chi connectivity index (χ1) is 16.5. The molecule has 0 unspecified atom stereocenters. The Morgan fingerprint density at radius 2 is 1.79 bits per heavy atom. The van der Waals surface area contributed by atoms with Crippen LogP contribution in [0.25, 0.3) is 17.1 Å². The Morgan fingerprint density at radius 3 is 2.47 bits per heavy atom. The van der Waals surface area contributed by atoms with E-state index < -0.39 is 17.5 Å². The molecule has 2 aromatic heterocycles. The minimum atomic E-state index is -0.703. The van der Waals surface area contributed by atoms with Crippen molar-refractivity contribution >= 4 is 23.4 Å². The van der Waals surface area contributed by atoms with Crippen LogP contribution in [0.15, 0.2) is 66.1 Å². The smallest absolute Gasteiger partial charge is 0.234 e. The van der Waals surface area contributed by atoms with E-state index in [1.165, 1.54) is 11.8 Å². The van der Waals surface area contributed by atoms with E-state index in [9.17, 15) is 13.6 Å². The maximum Gasteiger partial charge on any atom is 0.234 e. The number of carbonyl (C=O) groups is 1. The van der Waals surface area contributed by atoms with Gasteiger partial charge in [0, 0.05) is 24.0 Å². The third-order valence-corrected chi connectivity index (χ3v) is 6.21. The lowest BCUT2D eigenvalue weighted by atomic mass is 10.0. The first kappa shape index (κ1) is 23.6. The summed E-state index contributed by atoms with van der Waals surface area (Å²) in [6.07, 6.45) is 5.01. The predicted molar refractivity (Wildman–Crippen MR) is 129 cm³/mol. The zero-order valence-corrected chi connectivity index (χ0v) is 19.6. The Labute approximate surface area is 200 Å². The van der Waals surface area contributed by atoms with Crippen molar-refractivity contribution in [1.29, 1.82) is 0 Å². The Kier molecular flexibility index (Phi) is 7.32.